The van der Waals surface area contributed by atoms with Gasteiger partial charge in [-0.3, -0.25) is 9.59 Å². The quantitative estimate of drug-likeness (QED) is 0.594. The number of amides is 1. The molecule has 0 spiro atoms. The number of esters is 1. The fourth-order valence-electron chi connectivity index (χ4n) is 2.85. The Morgan fingerprint density at radius 2 is 2.20 bits per heavy atom. The summed E-state index contributed by atoms with van der Waals surface area (Å²) in [6.45, 7) is 3.54. The second-order valence-electron chi connectivity index (χ2n) is 5.90. The number of rotatable bonds is 3. The molecule has 2 aliphatic rings. The van der Waals surface area contributed by atoms with E-state index in [-0.39, 0.29) is 17.8 Å². The van der Waals surface area contributed by atoms with Crippen LogP contribution < -0.4 is 0 Å². The summed E-state index contributed by atoms with van der Waals surface area (Å²) in [5, 5.41) is 1.32. The lowest BCUT2D eigenvalue weighted by Crippen LogP contribution is -2.41. The predicted molar refractivity (Wildman–Crippen MR) is 100 cm³/mol. The number of hydrogen-bond acceptors (Lipinski definition) is 5. The maximum Gasteiger partial charge on any atom is 0.310 e. The molecular weight excluding hydrogens is 360 g/mol. The third kappa shape index (κ3) is 4.44. The van der Waals surface area contributed by atoms with Gasteiger partial charge in [0.05, 0.1) is 17.4 Å². The molecule has 25 heavy (non-hydrogen) atoms. The van der Waals surface area contributed by atoms with E-state index in [1.807, 2.05) is 30.0 Å². The second kappa shape index (κ2) is 8.06. The van der Waals surface area contributed by atoms with E-state index in [0.717, 1.165) is 24.9 Å². The first kappa shape index (κ1) is 18.0. The van der Waals surface area contributed by atoms with Gasteiger partial charge in [0, 0.05) is 18.1 Å². The minimum atomic E-state index is -0.242. The van der Waals surface area contributed by atoms with Crippen LogP contribution in [0.25, 0.3) is 6.08 Å². The van der Waals surface area contributed by atoms with Crippen LogP contribution in [0.2, 0.25) is 5.02 Å². The molecule has 1 aromatic rings. The van der Waals surface area contributed by atoms with Crippen molar-refractivity contribution in [3.05, 3.63) is 39.8 Å². The van der Waals surface area contributed by atoms with Gasteiger partial charge < -0.3 is 9.64 Å². The van der Waals surface area contributed by atoms with Crippen molar-refractivity contribution in [3.8, 4) is 0 Å². The van der Waals surface area contributed by atoms with Crippen molar-refractivity contribution in [3.63, 3.8) is 0 Å². The highest BCUT2D eigenvalue weighted by Crippen LogP contribution is 2.32. The molecule has 1 saturated heterocycles. The minimum absolute atomic E-state index is 0.156. The topological polar surface area (TPSA) is 59.0 Å². The van der Waals surface area contributed by atoms with Crippen LogP contribution in [0, 0.1) is 5.92 Å². The molecule has 0 saturated carbocycles. The summed E-state index contributed by atoms with van der Waals surface area (Å²) in [4.78, 5) is 30.9. The van der Waals surface area contributed by atoms with Gasteiger partial charge in [0.25, 0.3) is 5.91 Å². The Kier molecular flexibility index (Phi) is 5.81. The van der Waals surface area contributed by atoms with Crippen molar-refractivity contribution in [1.82, 2.24) is 4.90 Å². The number of aliphatic imine (C=N–C) groups is 1. The summed E-state index contributed by atoms with van der Waals surface area (Å²) < 4.78 is 5.12. The summed E-state index contributed by atoms with van der Waals surface area (Å²) >= 11 is 7.24. The lowest BCUT2D eigenvalue weighted by Gasteiger charge is -2.32. The molecule has 2 aliphatic heterocycles. The molecule has 0 bridgehead atoms. The van der Waals surface area contributed by atoms with Crippen molar-refractivity contribution in [2.75, 3.05) is 19.7 Å². The van der Waals surface area contributed by atoms with E-state index in [9.17, 15) is 9.59 Å². The number of benzene rings is 1. The van der Waals surface area contributed by atoms with Crippen LogP contribution in [-0.4, -0.2) is 41.6 Å². The molecule has 1 atom stereocenters. The number of amidine groups is 1. The predicted octanol–water partition coefficient (Wildman–Crippen LogP) is 3.59. The molecule has 1 amide bonds. The van der Waals surface area contributed by atoms with E-state index in [1.54, 1.807) is 12.1 Å². The molecule has 2 heterocycles. The fourth-order valence-corrected chi connectivity index (χ4v) is 3.92. The largest absolute Gasteiger partial charge is 0.466 e. The second-order valence-corrected chi connectivity index (χ2v) is 7.34. The zero-order valence-electron chi connectivity index (χ0n) is 13.9. The van der Waals surface area contributed by atoms with Crippen LogP contribution in [0.1, 0.15) is 25.3 Å². The van der Waals surface area contributed by atoms with Crippen LogP contribution in [0.15, 0.2) is 34.2 Å². The first-order valence-corrected chi connectivity index (χ1v) is 9.46. The molecule has 0 radical (unpaired) electrons. The Hall–Kier alpha value is -1.79. The molecule has 1 aromatic carbocycles. The molecule has 7 heteroatoms. The Morgan fingerprint density at radius 3 is 2.92 bits per heavy atom. The van der Waals surface area contributed by atoms with Gasteiger partial charge in [-0.05, 0) is 55.3 Å². The van der Waals surface area contributed by atoms with Gasteiger partial charge in [0.15, 0.2) is 5.17 Å². The monoisotopic (exact) mass is 378 g/mol. The Morgan fingerprint density at radius 1 is 1.44 bits per heavy atom. The summed E-state index contributed by atoms with van der Waals surface area (Å²) in [7, 11) is 0. The standard InChI is InChI=1S/C18H19ClN2O3S/c1-2-24-17(23)13-4-3-9-21(11-13)18-20-16(22)15(25-18)10-12-5-7-14(19)8-6-12/h5-8,10,13H,2-4,9,11H2,1H3/b15-10+. The van der Waals surface area contributed by atoms with Crippen LogP contribution in [0.3, 0.4) is 0 Å². The molecule has 0 aromatic heterocycles. The third-order valence-electron chi connectivity index (χ3n) is 4.09. The van der Waals surface area contributed by atoms with Gasteiger partial charge in [-0.1, -0.05) is 23.7 Å². The first-order valence-electron chi connectivity index (χ1n) is 8.26. The molecule has 5 nitrogen and oxygen atoms in total. The highest BCUT2D eigenvalue weighted by molar-refractivity contribution is 8.18. The average molecular weight is 379 g/mol. The van der Waals surface area contributed by atoms with E-state index in [0.29, 0.717) is 28.2 Å². The van der Waals surface area contributed by atoms with Crippen LogP contribution >= 0.6 is 23.4 Å². The molecule has 0 N–H and O–H groups in total. The Bertz CT molecular complexity index is 730. The summed E-state index contributed by atoms with van der Waals surface area (Å²) in [5.74, 6) is -0.566. The molecule has 0 aliphatic carbocycles. The number of piperidine rings is 1. The number of ether oxygens (including phenoxy) is 1. The normalized spacial score (nSPS) is 22.2. The third-order valence-corrected chi connectivity index (χ3v) is 5.39. The number of hydrogen-bond donors (Lipinski definition) is 0. The van der Waals surface area contributed by atoms with Crippen molar-refractivity contribution < 1.29 is 14.3 Å². The van der Waals surface area contributed by atoms with E-state index < -0.39 is 0 Å². The van der Waals surface area contributed by atoms with E-state index in [4.69, 9.17) is 16.3 Å². The Labute approximate surface area is 156 Å². The van der Waals surface area contributed by atoms with Gasteiger partial charge in [-0.25, -0.2) is 0 Å². The lowest BCUT2D eigenvalue weighted by atomic mass is 9.99. The number of carbonyl (C=O) groups excluding carboxylic acids is 2. The average Bonchev–Trinajstić information content (AvgIpc) is 2.98. The van der Waals surface area contributed by atoms with Gasteiger partial charge >= 0.3 is 5.97 Å². The summed E-state index contributed by atoms with van der Waals surface area (Å²) in [6, 6.07) is 7.29. The number of likely N-dealkylation sites (tertiary alicyclic amines) is 1. The zero-order chi connectivity index (χ0) is 17.8. The number of halogens is 1. The lowest BCUT2D eigenvalue weighted by molar-refractivity contribution is -0.149. The maximum atomic E-state index is 12.2. The van der Waals surface area contributed by atoms with Gasteiger partial charge in [-0.15, -0.1) is 0 Å². The van der Waals surface area contributed by atoms with E-state index in [1.165, 1.54) is 11.8 Å². The summed E-state index contributed by atoms with van der Waals surface area (Å²) in [6.07, 6.45) is 3.51. The van der Waals surface area contributed by atoms with Gasteiger partial charge in [0.2, 0.25) is 0 Å². The number of thioether (sulfide) groups is 1. The highest BCUT2D eigenvalue weighted by Gasteiger charge is 2.32. The van der Waals surface area contributed by atoms with E-state index in [2.05, 4.69) is 4.99 Å². The van der Waals surface area contributed by atoms with Gasteiger partial charge in [-0.2, -0.15) is 4.99 Å². The Balaban J connectivity index is 1.68. The number of nitrogens with zero attached hydrogens (tertiary/aromatic N) is 2. The highest BCUT2D eigenvalue weighted by atomic mass is 35.5. The molecule has 1 fully saturated rings. The van der Waals surface area contributed by atoms with Crippen molar-refractivity contribution >= 4 is 46.5 Å². The first-order chi connectivity index (χ1) is 12.1. The fraction of sp³-hybridized carbons (Fsp3) is 0.389. The SMILES string of the molecule is CCOC(=O)C1CCCN(C2=NC(=O)/C(=C\c3ccc(Cl)cc3)S2)C1. The van der Waals surface area contributed by atoms with Crippen molar-refractivity contribution in [2.45, 2.75) is 19.8 Å². The maximum absolute atomic E-state index is 12.2. The molecule has 132 valence electrons. The van der Waals surface area contributed by atoms with Crippen molar-refractivity contribution in [1.29, 1.82) is 0 Å². The molecule has 1 unspecified atom stereocenters. The number of carbonyl (C=O) groups is 2. The van der Waals surface area contributed by atoms with Crippen LogP contribution in [-0.2, 0) is 14.3 Å². The smallest absolute Gasteiger partial charge is 0.310 e. The zero-order valence-corrected chi connectivity index (χ0v) is 15.5. The molecular formula is C18H19ClN2O3S. The van der Waals surface area contributed by atoms with E-state index >= 15 is 0 Å². The summed E-state index contributed by atoms with van der Waals surface area (Å²) in [5.41, 5.74) is 0.903. The minimum Gasteiger partial charge on any atom is -0.466 e. The van der Waals surface area contributed by atoms with Gasteiger partial charge in [0.1, 0.15) is 0 Å². The molecule has 3 rings (SSSR count). The van der Waals surface area contributed by atoms with Crippen LogP contribution in [0.5, 0.6) is 0 Å². The van der Waals surface area contributed by atoms with Crippen LogP contribution in [0.4, 0.5) is 0 Å². The van der Waals surface area contributed by atoms with Crippen molar-refractivity contribution in [2.24, 2.45) is 10.9 Å².